The molecular weight excluding hydrogens is 390 g/mol. The van der Waals surface area contributed by atoms with Crippen LogP contribution in [0.2, 0.25) is 0 Å². The Balaban J connectivity index is 1.60. The number of urea groups is 1. The van der Waals surface area contributed by atoms with E-state index >= 15 is 0 Å². The molecule has 1 saturated heterocycles. The molecule has 1 saturated carbocycles. The highest BCUT2D eigenvalue weighted by molar-refractivity contribution is 6.06. The van der Waals surface area contributed by atoms with Crippen molar-refractivity contribution in [3.63, 3.8) is 0 Å². The van der Waals surface area contributed by atoms with Crippen LogP contribution in [-0.2, 0) is 16.0 Å². The van der Waals surface area contributed by atoms with Crippen molar-refractivity contribution in [2.45, 2.75) is 52.1 Å². The number of rotatable bonds is 8. The van der Waals surface area contributed by atoms with Crippen molar-refractivity contribution in [1.82, 2.24) is 15.1 Å². The number of carbonyl (C=O) groups is 3. The van der Waals surface area contributed by atoms with E-state index < -0.39 is 6.17 Å². The van der Waals surface area contributed by atoms with Crippen LogP contribution in [0, 0.1) is 23.7 Å². The standard InChI is InChI=1S/C25H33N3O3/c1-3-14-27(15-4-2)25(31)26-20(16-17-8-6-5-7-9-17)28-23(29)21-18-10-11-19(13-12-18)22(21)24(28)30/h5-11,18-22H,3-4,12-16H2,1-2H3,(H,26,31)/t18-,19-,20-,21-,22+/m0/s1. The first-order chi connectivity index (χ1) is 15.0. The van der Waals surface area contributed by atoms with Crippen LogP contribution in [0.3, 0.4) is 0 Å². The zero-order valence-corrected chi connectivity index (χ0v) is 18.5. The van der Waals surface area contributed by atoms with Crippen molar-refractivity contribution in [3.05, 3.63) is 48.0 Å². The molecule has 0 aromatic heterocycles. The molecule has 1 heterocycles. The minimum Gasteiger partial charge on any atom is -0.325 e. The van der Waals surface area contributed by atoms with Crippen LogP contribution in [0.4, 0.5) is 4.79 Å². The lowest BCUT2D eigenvalue weighted by Gasteiger charge is -2.38. The van der Waals surface area contributed by atoms with Gasteiger partial charge in [0.25, 0.3) is 0 Å². The molecule has 6 nitrogen and oxygen atoms in total. The van der Waals surface area contributed by atoms with Gasteiger partial charge in [-0.15, -0.1) is 0 Å². The van der Waals surface area contributed by atoms with E-state index in [0.717, 1.165) is 31.2 Å². The Morgan fingerprint density at radius 1 is 1.00 bits per heavy atom. The molecule has 3 aliphatic carbocycles. The second-order valence-corrected chi connectivity index (χ2v) is 9.03. The van der Waals surface area contributed by atoms with E-state index in [-0.39, 0.29) is 41.5 Å². The maximum Gasteiger partial charge on any atom is 0.319 e. The predicted molar refractivity (Wildman–Crippen MR) is 119 cm³/mol. The summed E-state index contributed by atoms with van der Waals surface area (Å²) < 4.78 is 0. The first-order valence-electron chi connectivity index (χ1n) is 11.7. The number of amides is 4. The quantitative estimate of drug-likeness (QED) is 0.513. The number of carbonyl (C=O) groups excluding carboxylic acids is 3. The largest absolute Gasteiger partial charge is 0.325 e. The van der Waals surface area contributed by atoms with Crippen molar-refractivity contribution >= 4 is 17.8 Å². The fourth-order valence-electron chi connectivity index (χ4n) is 5.54. The van der Waals surface area contributed by atoms with Crippen LogP contribution in [0.25, 0.3) is 0 Å². The third-order valence-electron chi connectivity index (χ3n) is 6.94. The molecule has 2 bridgehead atoms. The van der Waals surface area contributed by atoms with E-state index in [4.69, 9.17) is 0 Å². The number of nitrogens with zero attached hydrogens (tertiary/aromatic N) is 2. The summed E-state index contributed by atoms with van der Waals surface area (Å²) in [7, 11) is 0. The van der Waals surface area contributed by atoms with Gasteiger partial charge in [-0.2, -0.15) is 0 Å². The van der Waals surface area contributed by atoms with E-state index in [1.807, 2.05) is 44.2 Å². The fraction of sp³-hybridized carbons (Fsp3) is 0.560. The van der Waals surface area contributed by atoms with Crippen molar-refractivity contribution < 1.29 is 14.4 Å². The summed E-state index contributed by atoms with van der Waals surface area (Å²) in [6.07, 6.45) is 7.64. The highest BCUT2D eigenvalue weighted by Gasteiger charge is 2.58. The van der Waals surface area contributed by atoms with Crippen LogP contribution in [-0.4, -0.2) is 46.9 Å². The number of allylic oxidation sites excluding steroid dienone is 2. The van der Waals surface area contributed by atoms with Gasteiger partial charge in [-0.05, 0) is 43.1 Å². The van der Waals surface area contributed by atoms with Crippen molar-refractivity contribution in [2.24, 2.45) is 23.7 Å². The summed E-state index contributed by atoms with van der Waals surface area (Å²) in [5.74, 6) is -0.495. The number of imide groups is 1. The molecule has 6 heteroatoms. The highest BCUT2D eigenvalue weighted by atomic mass is 16.2. The average Bonchev–Trinajstić information content (AvgIpc) is 3.07. The van der Waals surface area contributed by atoms with Gasteiger partial charge >= 0.3 is 6.03 Å². The molecule has 166 valence electrons. The van der Waals surface area contributed by atoms with Crippen LogP contribution in [0.1, 0.15) is 45.1 Å². The Hall–Kier alpha value is -2.63. The third-order valence-corrected chi connectivity index (χ3v) is 6.94. The molecule has 1 aromatic carbocycles. The third kappa shape index (κ3) is 4.12. The number of nitrogens with one attached hydrogen (secondary N) is 1. The van der Waals surface area contributed by atoms with Gasteiger partial charge in [0, 0.05) is 19.5 Å². The summed E-state index contributed by atoms with van der Waals surface area (Å²) in [5.41, 5.74) is 0.988. The van der Waals surface area contributed by atoms with Crippen LogP contribution >= 0.6 is 0 Å². The van der Waals surface area contributed by atoms with Crippen molar-refractivity contribution in [2.75, 3.05) is 13.1 Å². The molecule has 0 unspecified atom stereocenters. The lowest BCUT2D eigenvalue weighted by atomic mass is 9.63. The number of fused-ring (bicyclic) bond motifs is 1. The summed E-state index contributed by atoms with van der Waals surface area (Å²) in [6, 6.07) is 9.54. The molecule has 0 radical (unpaired) electrons. The molecule has 5 rings (SSSR count). The maximum atomic E-state index is 13.5. The Kier molecular flexibility index (Phi) is 6.44. The lowest BCUT2D eigenvalue weighted by Crippen LogP contribution is -2.55. The van der Waals surface area contributed by atoms with Gasteiger partial charge < -0.3 is 10.2 Å². The van der Waals surface area contributed by atoms with Crippen LogP contribution in [0.5, 0.6) is 0 Å². The van der Waals surface area contributed by atoms with Crippen LogP contribution in [0.15, 0.2) is 42.5 Å². The minimum atomic E-state index is -0.670. The van der Waals surface area contributed by atoms with Gasteiger partial charge in [-0.1, -0.05) is 56.3 Å². The molecule has 1 aromatic rings. The summed E-state index contributed by atoms with van der Waals surface area (Å²) in [6.45, 7) is 5.38. The first kappa shape index (κ1) is 21.6. The second kappa shape index (κ2) is 9.25. The molecule has 31 heavy (non-hydrogen) atoms. The van der Waals surface area contributed by atoms with Gasteiger partial charge in [0.1, 0.15) is 6.17 Å². The van der Waals surface area contributed by atoms with E-state index in [0.29, 0.717) is 19.5 Å². The molecule has 4 amide bonds. The van der Waals surface area contributed by atoms with Crippen molar-refractivity contribution in [3.8, 4) is 0 Å². The SMILES string of the molecule is CCCN(CCC)C(=O)N[C@H](Cc1ccccc1)N1C(=O)[C@@H]2[C@H](C1=O)[C@H]1C=C[C@H]2CC1. The number of hydrogen-bond acceptors (Lipinski definition) is 3. The van der Waals surface area contributed by atoms with Gasteiger partial charge in [0.15, 0.2) is 0 Å². The van der Waals surface area contributed by atoms with Crippen LogP contribution < -0.4 is 5.32 Å². The van der Waals surface area contributed by atoms with E-state index in [1.54, 1.807) is 4.90 Å². The Bertz CT molecular complexity index is 815. The Morgan fingerprint density at radius 3 is 2.03 bits per heavy atom. The molecular formula is C25H33N3O3. The molecule has 1 N–H and O–H groups in total. The number of hydrogen-bond donors (Lipinski definition) is 1. The summed E-state index contributed by atoms with van der Waals surface area (Å²) in [4.78, 5) is 43.2. The molecule has 1 aliphatic heterocycles. The van der Waals surface area contributed by atoms with Gasteiger partial charge in [0.2, 0.25) is 11.8 Å². The Morgan fingerprint density at radius 2 is 1.55 bits per heavy atom. The molecule has 4 aliphatic rings. The number of likely N-dealkylation sites (tertiary alicyclic amines) is 1. The van der Waals surface area contributed by atoms with E-state index in [2.05, 4.69) is 17.5 Å². The van der Waals surface area contributed by atoms with E-state index in [1.165, 1.54) is 4.90 Å². The predicted octanol–water partition coefficient (Wildman–Crippen LogP) is 3.58. The average molecular weight is 424 g/mol. The maximum absolute atomic E-state index is 13.5. The monoisotopic (exact) mass is 423 g/mol. The summed E-state index contributed by atoms with van der Waals surface area (Å²) in [5, 5.41) is 3.05. The highest BCUT2D eigenvalue weighted by Crippen LogP contribution is 2.50. The fourth-order valence-corrected chi connectivity index (χ4v) is 5.54. The van der Waals surface area contributed by atoms with E-state index in [9.17, 15) is 14.4 Å². The minimum absolute atomic E-state index is 0.118. The number of benzene rings is 1. The molecule has 2 fully saturated rings. The van der Waals surface area contributed by atoms with Gasteiger partial charge in [-0.3, -0.25) is 14.5 Å². The smallest absolute Gasteiger partial charge is 0.319 e. The normalized spacial score (nSPS) is 27.4. The first-order valence-corrected chi connectivity index (χ1v) is 11.7. The zero-order valence-electron chi connectivity index (χ0n) is 18.5. The van der Waals surface area contributed by atoms with Crippen molar-refractivity contribution in [1.29, 1.82) is 0 Å². The lowest BCUT2D eigenvalue weighted by molar-refractivity contribution is -0.143. The van der Waals surface area contributed by atoms with Gasteiger partial charge in [0.05, 0.1) is 11.8 Å². The molecule has 5 atom stereocenters. The van der Waals surface area contributed by atoms with Gasteiger partial charge in [-0.25, -0.2) is 4.79 Å². The topological polar surface area (TPSA) is 69.7 Å². The zero-order chi connectivity index (χ0) is 22.0. The second-order valence-electron chi connectivity index (χ2n) is 9.03. The summed E-state index contributed by atoms with van der Waals surface area (Å²) >= 11 is 0. The Labute approximate surface area is 184 Å². The molecule has 0 spiro atoms.